The third-order valence-corrected chi connectivity index (χ3v) is 5.40. The lowest BCUT2D eigenvalue weighted by Crippen LogP contribution is -2.46. The Kier molecular flexibility index (Phi) is 7.32. The summed E-state index contributed by atoms with van der Waals surface area (Å²) in [6.07, 6.45) is 3.30. The number of nitrogens with one attached hydrogen (secondary N) is 2. The first-order valence-corrected chi connectivity index (χ1v) is 10.5. The normalized spacial score (nSPS) is 12.5. The van der Waals surface area contributed by atoms with Gasteiger partial charge < -0.3 is 19.6 Å². The van der Waals surface area contributed by atoms with Crippen LogP contribution in [0.4, 0.5) is 0 Å². The Morgan fingerprint density at radius 3 is 1.83 bits per heavy atom. The van der Waals surface area contributed by atoms with Gasteiger partial charge in [0, 0.05) is 17.2 Å². The minimum Gasteiger partial charge on any atom is -0.497 e. The van der Waals surface area contributed by atoms with Gasteiger partial charge in [0.25, 0.3) is 11.1 Å². The van der Waals surface area contributed by atoms with E-state index in [9.17, 15) is 9.59 Å². The number of benzene rings is 2. The molecule has 2 N–H and O–H groups in total. The maximum atomic E-state index is 12.5. The minimum absolute atomic E-state index is 0.204. The highest BCUT2D eigenvalue weighted by atomic mass is 32.2. The van der Waals surface area contributed by atoms with E-state index in [1.165, 1.54) is 4.90 Å². The number of H-pyrrole nitrogens is 2. The van der Waals surface area contributed by atoms with Gasteiger partial charge in [-0.3, -0.25) is 9.59 Å². The average molecular weight is 424 g/mol. The van der Waals surface area contributed by atoms with Gasteiger partial charge >= 0.3 is 0 Å². The third-order valence-electron chi connectivity index (χ3n) is 4.41. The molecule has 0 aliphatic carbocycles. The summed E-state index contributed by atoms with van der Waals surface area (Å²) in [5.41, 5.74) is 0.933. The molecule has 6 nitrogen and oxygen atoms in total. The molecule has 156 valence electrons. The fourth-order valence-electron chi connectivity index (χ4n) is 2.74. The molecule has 0 aliphatic heterocycles. The molecule has 7 heteroatoms. The molecule has 0 amide bonds. The lowest BCUT2D eigenvalue weighted by Gasteiger charge is -2.08. The molecule has 0 fully saturated rings. The van der Waals surface area contributed by atoms with Crippen molar-refractivity contribution in [2.45, 2.75) is 4.90 Å². The van der Waals surface area contributed by atoms with Crippen LogP contribution in [-0.4, -0.2) is 48.4 Å². The molecule has 0 aliphatic rings. The fraction of sp³-hybridized carbons (Fsp3) is 0.217. The molecule has 0 atom stereocenters. The van der Waals surface area contributed by atoms with Crippen molar-refractivity contribution in [1.29, 1.82) is 0 Å². The zero-order valence-corrected chi connectivity index (χ0v) is 18.1. The van der Waals surface area contributed by atoms with Crippen molar-refractivity contribution in [1.82, 2.24) is 14.9 Å². The van der Waals surface area contributed by atoms with Crippen LogP contribution < -0.4 is 26.6 Å². The van der Waals surface area contributed by atoms with Crippen molar-refractivity contribution in [3.63, 3.8) is 0 Å². The molecule has 0 radical (unpaired) electrons. The van der Waals surface area contributed by atoms with Crippen LogP contribution in [0.1, 0.15) is 11.1 Å². The van der Waals surface area contributed by atoms with Crippen LogP contribution >= 0.6 is 11.8 Å². The van der Waals surface area contributed by atoms with E-state index in [0.29, 0.717) is 0 Å². The highest BCUT2D eigenvalue weighted by molar-refractivity contribution is 7.99. The summed E-state index contributed by atoms with van der Waals surface area (Å²) in [7, 11) is 5.70. The Bertz CT molecular complexity index is 1210. The quantitative estimate of drug-likeness (QED) is 0.562. The van der Waals surface area contributed by atoms with E-state index in [4.69, 9.17) is 4.74 Å². The number of methoxy groups -OCH3 is 1. The second-order valence-electron chi connectivity index (χ2n) is 7.02. The zero-order valence-electron chi connectivity index (χ0n) is 17.3. The van der Waals surface area contributed by atoms with Crippen molar-refractivity contribution in [2.75, 3.05) is 33.5 Å². The van der Waals surface area contributed by atoms with E-state index in [-0.39, 0.29) is 21.8 Å². The number of aromatic amines is 2. The van der Waals surface area contributed by atoms with Gasteiger partial charge in [-0.25, -0.2) is 0 Å². The van der Waals surface area contributed by atoms with Gasteiger partial charge in [-0.05, 0) is 61.6 Å². The molecule has 0 saturated heterocycles. The number of thioether (sulfide) groups is 1. The summed E-state index contributed by atoms with van der Waals surface area (Å²) in [5, 5.41) is 0.426. The Balaban J connectivity index is 1.84. The topological polar surface area (TPSA) is 78.2 Å². The second-order valence-corrected chi connectivity index (χ2v) is 8.19. The van der Waals surface area contributed by atoms with Crippen LogP contribution in [-0.2, 0) is 0 Å². The molecular formula is C23H25N3O3S. The van der Waals surface area contributed by atoms with E-state index in [2.05, 4.69) is 29.0 Å². The van der Waals surface area contributed by atoms with Crippen LogP contribution in [0.3, 0.4) is 0 Å². The Labute approximate surface area is 178 Å². The highest BCUT2D eigenvalue weighted by Gasteiger charge is 1.99. The third kappa shape index (κ3) is 5.98. The lowest BCUT2D eigenvalue weighted by molar-refractivity contribution is 0.415. The number of aromatic nitrogens is 2. The molecule has 3 aromatic rings. The maximum Gasteiger partial charge on any atom is 0.272 e. The first-order chi connectivity index (χ1) is 14.4. The Morgan fingerprint density at radius 2 is 1.37 bits per heavy atom. The molecule has 0 spiro atoms. The summed E-state index contributed by atoms with van der Waals surface area (Å²) in [6.45, 7) is 1.01. The number of nitrogens with zero attached hydrogens (tertiary/aromatic N) is 1. The van der Waals surface area contributed by atoms with Gasteiger partial charge in [-0.15, -0.1) is 11.8 Å². The summed E-state index contributed by atoms with van der Waals surface area (Å²) in [4.78, 5) is 33.5. The van der Waals surface area contributed by atoms with Gasteiger partial charge in [0.15, 0.2) is 0 Å². The SMILES string of the molecule is COc1ccc(C=c2[nH]c(=O)c(=Cc3ccc(SCCN(C)C)cc3)[nH]c2=O)cc1. The van der Waals surface area contributed by atoms with Crippen molar-refractivity contribution in [2.24, 2.45) is 0 Å². The predicted molar refractivity (Wildman–Crippen MR) is 123 cm³/mol. The Morgan fingerprint density at radius 1 is 0.867 bits per heavy atom. The maximum absolute atomic E-state index is 12.5. The zero-order chi connectivity index (χ0) is 21.5. The molecule has 1 aromatic heterocycles. The van der Waals surface area contributed by atoms with Crippen molar-refractivity contribution < 1.29 is 4.74 Å². The fourth-order valence-corrected chi connectivity index (χ4v) is 3.76. The standard InChI is InChI=1S/C23H25N3O3S/c1-26(2)12-13-30-19-10-6-17(7-11-19)15-21-23(28)24-20(22(27)25-21)14-16-4-8-18(29-3)9-5-16/h4-11,14-15H,12-13H2,1-3H3,(H,24,28)(H,25,27). The second kappa shape index (κ2) is 10.1. The predicted octanol–water partition coefficient (Wildman–Crippen LogP) is 1.38. The molecule has 0 unspecified atom stereocenters. The van der Waals surface area contributed by atoms with Crippen LogP contribution in [0.5, 0.6) is 5.75 Å². The number of hydrogen-bond donors (Lipinski definition) is 2. The summed E-state index contributed by atoms with van der Waals surface area (Å²) >= 11 is 1.78. The Hall–Kier alpha value is -3.03. The molecule has 3 rings (SSSR count). The average Bonchev–Trinajstić information content (AvgIpc) is 2.73. The first-order valence-electron chi connectivity index (χ1n) is 9.52. The number of rotatable bonds is 7. The van der Waals surface area contributed by atoms with Crippen molar-refractivity contribution in [3.05, 3.63) is 91.1 Å². The van der Waals surface area contributed by atoms with Crippen molar-refractivity contribution in [3.8, 4) is 5.75 Å². The molecule has 1 heterocycles. The van der Waals surface area contributed by atoms with Gasteiger partial charge in [0.05, 0.1) is 7.11 Å². The van der Waals surface area contributed by atoms with E-state index in [1.54, 1.807) is 43.2 Å². The molecule has 0 saturated carbocycles. The first kappa shape index (κ1) is 21.7. The highest BCUT2D eigenvalue weighted by Crippen LogP contribution is 2.18. The molecular weight excluding hydrogens is 398 g/mol. The van der Waals surface area contributed by atoms with Gasteiger partial charge in [-0.1, -0.05) is 24.3 Å². The summed E-state index contributed by atoms with van der Waals surface area (Å²) in [5.74, 6) is 1.73. The monoisotopic (exact) mass is 423 g/mol. The number of hydrogen-bond acceptors (Lipinski definition) is 5. The van der Waals surface area contributed by atoms with Gasteiger partial charge in [-0.2, -0.15) is 0 Å². The minimum atomic E-state index is -0.354. The molecule has 0 bridgehead atoms. The molecule has 30 heavy (non-hydrogen) atoms. The van der Waals surface area contributed by atoms with Crippen LogP contribution in [0.15, 0.2) is 63.0 Å². The van der Waals surface area contributed by atoms with Crippen LogP contribution in [0.2, 0.25) is 0 Å². The van der Waals surface area contributed by atoms with E-state index < -0.39 is 0 Å². The van der Waals surface area contributed by atoms with Crippen LogP contribution in [0, 0.1) is 0 Å². The molecule has 2 aromatic carbocycles. The van der Waals surface area contributed by atoms with Crippen LogP contribution in [0.25, 0.3) is 12.2 Å². The smallest absolute Gasteiger partial charge is 0.272 e. The largest absolute Gasteiger partial charge is 0.497 e. The van der Waals surface area contributed by atoms with E-state index >= 15 is 0 Å². The summed E-state index contributed by atoms with van der Waals surface area (Å²) < 4.78 is 5.12. The van der Waals surface area contributed by atoms with Crippen molar-refractivity contribution >= 4 is 23.9 Å². The van der Waals surface area contributed by atoms with E-state index in [1.807, 2.05) is 36.4 Å². The van der Waals surface area contributed by atoms with E-state index in [0.717, 1.165) is 29.2 Å². The van der Waals surface area contributed by atoms with Gasteiger partial charge in [0.2, 0.25) is 0 Å². The summed E-state index contributed by atoms with van der Waals surface area (Å²) in [6, 6.07) is 15.1. The number of ether oxygens (including phenoxy) is 1. The van der Waals surface area contributed by atoms with Gasteiger partial charge in [0.1, 0.15) is 16.4 Å². The lowest BCUT2D eigenvalue weighted by atomic mass is 10.2.